The van der Waals surface area contributed by atoms with E-state index >= 15 is 0 Å². The Balaban J connectivity index is 1.82. The van der Waals surface area contributed by atoms with E-state index in [-0.39, 0.29) is 17.3 Å². The summed E-state index contributed by atoms with van der Waals surface area (Å²) in [6.45, 7) is 1.70. The highest BCUT2D eigenvalue weighted by molar-refractivity contribution is 7.89. The molecule has 174 valence electrons. The minimum atomic E-state index is -4.03. The molecule has 0 aliphatic rings. The third kappa shape index (κ3) is 6.21. The van der Waals surface area contributed by atoms with E-state index in [0.717, 1.165) is 4.31 Å². The molecule has 1 aromatic heterocycles. The highest BCUT2D eigenvalue weighted by atomic mass is 32.2. The van der Waals surface area contributed by atoms with E-state index < -0.39 is 22.5 Å². The predicted octanol–water partition coefficient (Wildman–Crippen LogP) is 2.87. The summed E-state index contributed by atoms with van der Waals surface area (Å²) in [5.74, 6) is 0.0652. The number of carbonyl (C=O) groups is 2. The Bertz CT molecular complexity index is 1190. The Morgan fingerprint density at radius 3 is 2.45 bits per heavy atom. The SMILES string of the molecule is CCOc1ccc(S(=O)(=O)N(CC(=O)Nc2cccc(C(=O)NC)c2)Cc2ccco2)cc1. The summed E-state index contributed by atoms with van der Waals surface area (Å²) >= 11 is 0. The molecule has 0 atom stereocenters. The van der Waals surface area contributed by atoms with E-state index in [1.165, 1.54) is 31.5 Å². The molecule has 3 aromatic rings. The van der Waals surface area contributed by atoms with E-state index in [1.807, 2.05) is 6.92 Å². The molecule has 0 saturated carbocycles. The molecule has 9 nitrogen and oxygen atoms in total. The molecule has 0 saturated heterocycles. The van der Waals surface area contributed by atoms with Gasteiger partial charge < -0.3 is 19.8 Å². The van der Waals surface area contributed by atoms with Crippen LogP contribution in [0.25, 0.3) is 0 Å². The summed E-state index contributed by atoms with van der Waals surface area (Å²) in [5, 5.41) is 5.16. The maximum atomic E-state index is 13.3. The molecule has 2 aromatic carbocycles. The highest BCUT2D eigenvalue weighted by Crippen LogP contribution is 2.22. The lowest BCUT2D eigenvalue weighted by atomic mass is 10.2. The van der Waals surface area contributed by atoms with Gasteiger partial charge in [-0.1, -0.05) is 6.07 Å². The quantitative estimate of drug-likeness (QED) is 0.469. The van der Waals surface area contributed by atoms with Crippen molar-refractivity contribution in [3.8, 4) is 5.75 Å². The van der Waals surface area contributed by atoms with E-state index in [0.29, 0.717) is 29.4 Å². The zero-order valence-electron chi connectivity index (χ0n) is 18.3. The van der Waals surface area contributed by atoms with Crippen molar-refractivity contribution in [1.82, 2.24) is 9.62 Å². The summed E-state index contributed by atoms with van der Waals surface area (Å²) < 4.78 is 38.3. The molecule has 0 bridgehead atoms. The number of rotatable bonds is 10. The van der Waals surface area contributed by atoms with E-state index in [4.69, 9.17) is 9.15 Å². The smallest absolute Gasteiger partial charge is 0.251 e. The molecule has 0 fully saturated rings. The average molecular weight is 472 g/mol. The van der Waals surface area contributed by atoms with Crippen LogP contribution in [-0.4, -0.2) is 44.7 Å². The fraction of sp³-hybridized carbons (Fsp3) is 0.217. The predicted molar refractivity (Wildman–Crippen MR) is 122 cm³/mol. The maximum Gasteiger partial charge on any atom is 0.251 e. The van der Waals surface area contributed by atoms with Crippen molar-refractivity contribution < 1.29 is 27.2 Å². The molecule has 0 aliphatic carbocycles. The van der Waals surface area contributed by atoms with Crippen molar-refractivity contribution in [2.24, 2.45) is 0 Å². The lowest BCUT2D eigenvalue weighted by Crippen LogP contribution is -2.37. The summed E-state index contributed by atoms with van der Waals surface area (Å²) in [6.07, 6.45) is 1.43. The van der Waals surface area contributed by atoms with Crippen molar-refractivity contribution in [3.05, 3.63) is 78.3 Å². The van der Waals surface area contributed by atoms with Gasteiger partial charge in [0.25, 0.3) is 5.91 Å². The van der Waals surface area contributed by atoms with Gasteiger partial charge in [-0.05, 0) is 61.5 Å². The number of sulfonamides is 1. The van der Waals surface area contributed by atoms with Crippen LogP contribution in [-0.2, 0) is 21.4 Å². The van der Waals surface area contributed by atoms with Crippen LogP contribution in [0.1, 0.15) is 23.0 Å². The van der Waals surface area contributed by atoms with Crippen LogP contribution in [0.15, 0.2) is 76.2 Å². The van der Waals surface area contributed by atoms with Gasteiger partial charge in [0.1, 0.15) is 11.5 Å². The van der Waals surface area contributed by atoms with Crippen molar-refractivity contribution >= 4 is 27.5 Å². The minimum absolute atomic E-state index is 0.0203. The van der Waals surface area contributed by atoms with Gasteiger partial charge in [-0.3, -0.25) is 9.59 Å². The zero-order chi connectivity index (χ0) is 23.8. The monoisotopic (exact) mass is 471 g/mol. The van der Waals surface area contributed by atoms with Gasteiger partial charge in [-0.25, -0.2) is 8.42 Å². The van der Waals surface area contributed by atoms with Crippen LogP contribution in [0, 0.1) is 0 Å². The van der Waals surface area contributed by atoms with E-state index in [2.05, 4.69) is 10.6 Å². The first-order valence-electron chi connectivity index (χ1n) is 10.2. The molecule has 33 heavy (non-hydrogen) atoms. The second-order valence-corrected chi connectivity index (χ2v) is 8.90. The first-order valence-corrected chi connectivity index (χ1v) is 11.6. The Hall–Kier alpha value is -3.63. The lowest BCUT2D eigenvalue weighted by molar-refractivity contribution is -0.116. The van der Waals surface area contributed by atoms with Crippen LogP contribution in [0.3, 0.4) is 0 Å². The molecule has 0 spiro atoms. The number of hydrogen-bond acceptors (Lipinski definition) is 6. The summed E-state index contributed by atoms with van der Waals surface area (Å²) in [7, 11) is -2.52. The van der Waals surface area contributed by atoms with Crippen LogP contribution in [0.2, 0.25) is 0 Å². The number of nitrogens with one attached hydrogen (secondary N) is 2. The number of amides is 2. The molecule has 2 N–H and O–H groups in total. The first kappa shape index (κ1) is 24.0. The normalized spacial score (nSPS) is 11.2. The third-order valence-electron chi connectivity index (χ3n) is 4.64. The fourth-order valence-corrected chi connectivity index (χ4v) is 4.43. The molecule has 10 heteroatoms. The number of hydrogen-bond donors (Lipinski definition) is 2. The largest absolute Gasteiger partial charge is 0.494 e. The van der Waals surface area contributed by atoms with Crippen LogP contribution < -0.4 is 15.4 Å². The summed E-state index contributed by atoms with van der Waals surface area (Å²) in [6, 6.07) is 15.6. The number of nitrogens with zero attached hydrogens (tertiary/aromatic N) is 1. The van der Waals surface area contributed by atoms with Gasteiger partial charge >= 0.3 is 0 Å². The van der Waals surface area contributed by atoms with Gasteiger partial charge in [0.05, 0.1) is 30.9 Å². The van der Waals surface area contributed by atoms with Crippen molar-refractivity contribution in [2.75, 3.05) is 25.5 Å². The van der Waals surface area contributed by atoms with Crippen molar-refractivity contribution in [2.45, 2.75) is 18.4 Å². The zero-order valence-corrected chi connectivity index (χ0v) is 19.1. The average Bonchev–Trinajstić information content (AvgIpc) is 3.32. The molecule has 0 radical (unpaired) electrons. The molecule has 0 aliphatic heterocycles. The number of benzene rings is 2. The van der Waals surface area contributed by atoms with Gasteiger partial charge in [0.2, 0.25) is 15.9 Å². The highest BCUT2D eigenvalue weighted by Gasteiger charge is 2.28. The third-order valence-corrected chi connectivity index (χ3v) is 6.45. The molecule has 1 heterocycles. The summed E-state index contributed by atoms with van der Waals surface area (Å²) in [4.78, 5) is 24.6. The topological polar surface area (TPSA) is 118 Å². The summed E-state index contributed by atoms with van der Waals surface area (Å²) in [5.41, 5.74) is 0.738. The van der Waals surface area contributed by atoms with Crippen LogP contribution in [0.5, 0.6) is 5.75 Å². The molecular weight excluding hydrogens is 446 g/mol. The number of ether oxygens (including phenoxy) is 1. The van der Waals surface area contributed by atoms with Gasteiger partial charge in [-0.15, -0.1) is 0 Å². The van der Waals surface area contributed by atoms with Gasteiger partial charge in [-0.2, -0.15) is 4.31 Å². The van der Waals surface area contributed by atoms with Crippen LogP contribution >= 0.6 is 0 Å². The Morgan fingerprint density at radius 2 is 1.82 bits per heavy atom. The Morgan fingerprint density at radius 1 is 1.06 bits per heavy atom. The Labute approximate surface area is 192 Å². The first-order chi connectivity index (χ1) is 15.8. The standard InChI is InChI=1S/C23H25N3O6S/c1-3-31-19-9-11-21(12-10-19)33(29,30)26(15-20-8-5-13-32-20)16-22(27)25-18-7-4-6-17(14-18)23(28)24-2/h4-14H,3,15-16H2,1-2H3,(H,24,28)(H,25,27). The number of anilines is 1. The number of furan rings is 1. The van der Waals surface area contributed by atoms with Gasteiger partial charge in [0.15, 0.2) is 0 Å². The molecule has 2 amide bonds. The van der Waals surface area contributed by atoms with Crippen LogP contribution in [0.4, 0.5) is 5.69 Å². The van der Waals surface area contributed by atoms with Gasteiger partial charge in [0, 0.05) is 18.3 Å². The van der Waals surface area contributed by atoms with E-state index in [9.17, 15) is 18.0 Å². The fourth-order valence-electron chi connectivity index (χ4n) is 3.07. The number of carbonyl (C=O) groups excluding carboxylic acids is 2. The molecule has 0 unspecified atom stereocenters. The second kappa shape index (κ2) is 10.8. The molecule has 3 rings (SSSR count). The van der Waals surface area contributed by atoms with Crippen molar-refractivity contribution in [1.29, 1.82) is 0 Å². The Kier molecular flexibility index (Phi) is 7.86. The van der Waals surface area contributed by atoms with Crippen molar-refractivity contribution in [3.63, 3.8) is 0 Å². The minimum Gasteiger partial charge on any atom is -0.494 e. The maximum absolute atomic E-state index is 13.3. The lowest BCUT2D eigenvalue weighted by Gasteiger charge is -2.21. The molecular formula is C23H25N3O6S. The second-order valence-electron chi connectivity index (χ2n) is 6.96. The van der Waals surface area contributed by atoms with E-state index in [1.54, 1.807) is 42.5 Å².